The molecule has 3 aromatic heterocycles. The van der Waals surface area contributed by atoms with E-state index in [0.29, 0.717) is 18.3 Å². The second-order valence-corrected chi connectivity index (χ2v) is 8.27. The number of anilines is 1. The molecule has 31 heavy (non-hydrogen) atoms. The molecule has 0 saturated heterocycles. The molecule has 5 rings (SSSR count). The highest BCUT2D eigenvalue weighted by atomic mass is 32.1. The van der Waals surface area contributed by atoms with Crippen LogP contribution < -0.4 is 4.90 Å². The molecule has 4 aromatic rings. The van der Waals surface area contributed by atoms with Crippen molar-refractivity contribution < 1.29 is 9.47 Å². The van der Waals surface area contributed by atoms with Crippen LogP contribution in [0.15, 0.2) is 60.0 Å². The van der Waals surface area contributed by atoms with Crippen LogP contribution in [0, 0.1) is 0 Å². The Hall–Kier alpha value is -3.39. The smallest absolute Gasteiger partial charge is 0.234 e. The van der Waals surface area contributed by atoms with Crippen molar-refractivity contribution in [2.24, 2.45) is 7.05 Å². The number of fused-ring (bicyclic) bond motifs is 1. The highest BCUT2D eigenvalue weighted by molar-refractivity contribution is 7.13. The van der Waals surface area contributed by atoms with Gasteiger partial charge in [0.2, 0.25) is 12.7 Å². The van der Waals surface area contributed by atoms with Gasteiger partial charge in [-0.1, -0.05) is 49.7 Å². The molecular weight excluding hydrogens is 410 g/mol. The molecule has 0 amide bonds. The fraction of sp³-hybridized carbons (Fsp3) is 0.261. The van der Waals surface area contributed by atoms with Gasteiger partial charge >= 0.3 is 0 Å². The molecule has 0 unspecified atom stereocenters. The summed E-state index contributed by atoms with van der Waals surface area (Å²) >= 11 is 1.63. The molecule has 4 heterocycles. The normalized spacial score (nSPS) is 13.2. The molecule has 1 aliphatic heterocycles. The Balaban J connectivity index is 1.73. The summed E-state index contributed by atoms with van der Waals surface area (Å²) in [4.78, 5) is 13.0. The fourth-order valence-corrected chi connectivity index (χ4v) is 4.39. The van der Waals surface area contributed by atoms with E-state index >= 15 is 0 Å². The predicted molar refractivity (Wildman–Crippen MR) is 121 cm³/mol. The second kappa shape index (κ2) is 8.39. The van der Waals surface area contributed by atoms with Crippen molar-refractivity contribution in [2.45, 2.75) is 26.3 Å². The van der Waals surface area contributed by atoms with Crippen LogP contribution >= 0.6 is 11.3 Å². The van der Waals surface area contributed by atoms with Crippen molar-refractivity contribution >= 4 is 28.2 Å². The van der Waals surface area contributed by atoms with E-state index in [9.17, 15) is 0 Å². The molecule has 0 N–H and O–H groups in total. The Morgan fingerprint density at radius 2 is 2.00 bits per heavy atom. The average Bonchev–Trinajstić information content (AvgIpc) is 3.55. The number of benzene rings is 1. The first kappa shape index (κ1) is 19.6. The number of nitrogens with zero attached hydrogens (tertiary/aromatic N) is 5. The third-order valence-electron chi connectivity index (χ3n) is 5.13. The number of hydrogen-bond acceptors (Lipinski definition) is 7. The zero-order valence-corrected chi connectivity index (χ0v) is 18.3. The van der Waals surface area contributed by atoms with E-state index in [1.165, 1.54) is 0 Å². The Morgan fingerprint density at radius 3 is 2.71 bits per heavy atom. The monoisotopic (exact) mass is 433 g/mol. The minimum Gasteiger partial charge on any atom is -0.459 e. The second-order valence-electron chi connectivity index (χ2n) is 7.32. The number of aryl methyl sites for hydroxylation is 2. The number of thiophene rings is 1. The number of rotatable bonds is 7. The standard InChI is InChI=1S/C23H23N5O2S/c1-3-8-17-20-21(27(2)26-17)23(25-22(24-20)18-11-7-12-31-18)28(19-14-29-15-30-19)13-16-9-5-4-6-10-16/h4-7,9-12,14H,3,8,13,15H2,1-2H3. The Labute approximate surface area is 184 Å². The first-order valence-electron chi connectivity index (χ1n) is 10.3. The quantitative estimate of drug-likeness (QED) is 0.415. The van der Waals surface area contributed by atoms with E-state index < -0.39 is 0 Å². The minimum absolute atomic E-state index is 0.194. The summed E-state index contributed by atoms with van der Waals surface area (Å²) in [6, 6.07) is 14.3. The summed E-state index contributed by atoms with van der Waals surface area (Å²) in [5.74, 6) is 2.08. The van der Waals surface area contributed by atoms with Gasteiger partial charge in [0.15, 0.2) is 11.6 Å². The van der Waals surface area contributed by atoms with Crippen molar-refractivity contribution in [2.75, 3.05) is 11.7 Å². The van der Waals surface area contributed by atoms with E-state index in [1.807, 2.05) is 52.3 Å². The highest BCUT2D eigenvalue weighted by Crippen LogP contribution is 2.34. The lowest BCUT2D eigenvalue weighted by Crippen LogP contribution is -2.24. The number of ether oxygens (including phenoxy) is 2. The maximum absolute atomic E-state index is 5.79. The topological polar surface area (TPSA) is 65.3 Å². The maximum atomic E-state index is 5.79. The van der Waals surface area contributed by atoms with Gasteiger partial charge in [0.05, 0.1) is 17.1 Å². The van der Waals surface area contributed by atoms with E-state index in [-0.39, 0.29) is 6.79 Å². The zero-order valence-electron chi connectivity index (χ0n) is 17.5. The molecule has 0 atom stereocenters. The zero-order chi connectivity index (χ0) is 21.2. The average molecular weight is 434 g/mol. The van der Waals surface area contributed by atoms with Crippen LogP contribution in [0.5, 0.6) is 0 Å². The largest absolute Gasteiger partial charge is 0.459 e. The van der Waals surface area contributed by atoms with Crippen LogP contribution in [0.2, 0.25) is 0 Å². The fourth-order valence-electron chi connectivity index (χ4n) is 3.73. The molecular formula is C23H23N5O2S. The lowest BCUT2D eigenvalue weighted by Gasteiger charge is -2.24. The van der Waals surface area contributed by atoms with Gasteiger partial charge in [0.1, 0.15) is 17.3 Å². The minimum atomic E-state index is 0.194. The molecule has 8 heteroatoms. The van der Waals surface area contributed by atoms with Crippen LogP contribution in [0.25, 0.3) is 21.7 Å². The van der Waals surface area contributed by atoms with Gasteiger partial charge in [-0.3, -0.25) is 9.58 Å². The highest BCUT2D eigenvalue weighted by Gasteiger charge is 2.26. The maximum Gasteiger partial charge on any atom is 0.234 e. The van der Waals surface area contributed by atoms with Crippen LogP contribution in [0.1, 0.15) is 24.6 Å². The van der Waals surface area contributed by atoms with E-state index in [4.69, 9.17) is 24.5 Å². The summed E-state index contributed by atoms with van der Waals surface area (Å²) in [7, 11) is 1.94. The third-order valence-corrected chi connectivity index (χ3v) is 5.99. The van der Waals surface area contributed by atoms with Crippen molar-refractivity contribution in [1.29, 1.82) is 0 Å². The van der Waals surface area contributed by atoms with Gasteiger partial charge in [0, 0.05) is 7.05 Å². The number of hydrogen-bond donors (Lipinski definition) is 0. The lowest BCUT2D eigenvalue weighted by molar-refractivity contribution is 0.0782. The van der Waals surface area contributed by atoms with Gasteiger partial charge in [-0.15, -0.1) is 11.3 Å². The van der Waals surface area contributed by atoms with Gasteiger partial charge < -0.3 is 9.47 Å². The van der Waals surface area contributed by atoms with Gasteiger partial charge in [-0.2, -0.15) is 5.10 Å². The summed E-state index contributed by atoms with van der Waals surface area (Å²) in [6.45, 7) is 2.93. The summed E-state index contributed by atoms with van der Waals surface area (Å²) < 4.78 is 13.1. The summed E-state index contributed by atoms with van der Waals surface area (Å²) in [5, 5.41) is 6.82. The SMILES string of the molecule is CCCc1nn(C)c2c(N(Cc3ccccc3)C3=COCO3)nc(-c3cccs3)nc12. The van der Waals surface area contributed by atoms with Crippen molar-refractivity contribution in [3.63, 3.8) is 0 Å². The van der Waals surface area contributed by atoms with Crippen molar-refractivity contribution in [3.05, 3.63) is 71.2 Å². The predicted octanol–water partition coefficient (Wildman–Crippen LogP) is 4.85. The molecule has 1 aliphatic rings. The molecule has 0 spiro atoms. The molecule has 7 nitrogen and oxygen atoms in total. The van der Waals surface area contributed by atoms with Crippen LogP contribution in [0.3, 0.4) is 0 Å². The molecule has 0 radical (unpaired) electrons. The van der Waals surface area contributed by atoms with Crippen LogP contribution in [-0.4, -0.2) is 26.5 Å². The Bertz CT molecular complexity index is 1220. The first-order valence-corrected chi connectivity index (χ1v) is 11.2. The molecule has 0 fully saturated rings. The summed E-state index contributed by atoms with van der Waals surface area (Å²) in [6.07, 6.45) is 3.50. The number of aromatic nitrogens is 4. The van der Waals surface area contributed by atoms with E-state index in [0.717, 1.165) is 45.8 Å². The Kier molecular flexibility index (Phi) is 5.30. The third kappa shape index (κ3) is 3.74. The van der Waals surface area contributed by atoms with E-state index in [2.05, 4.69) is 19.1 Å². The van der Waals surface area contributed by atoms with Crippen molar-refractivity contribution in [3.8, 4) is 10.7 Å². The molecule has 0 bridgehead atoms. The molecule has 1 aromatic carbocycles. The van der Waals surface area contributed by atoms with Gasteiger partial charge in [0.25, 0.3) is 0 Å². The summed E-state index contributed by atoms with van der Waals surface area (Å²) in [5.41, 5.74) is 3.89. The van der Waals surface area contributed by atoms with Crippen molar-refractivity contribution in [1.82, 2.24) is 19.7 Å². The van der Waals surface area contributed by atoms with Crippen LogP contribution in [-0.2, 0) is 29.5 Å². The molecule has 0 saturated carbocycles. The molecule has 0 aliphatic carbocycles. The molecule has 158 valence electrons. The van der Waals surface area contributed by atoms with Gasteiger partial charge in [-0.05, 0) is 23.4 Å². The Morgan fingerprint density at radius 1 is 1.13 bits per heavy atom. The lowest BCUT2D eigenvalue weighted by atomic mass is 10.2. The first-order chi connectivity index (χ1) is 15.2. The van der Waals surface area contributed by atoms with E-state index in [1.54, 1.807) is 17.6 Å². The van der Waals surface area contributed by atoms with Gasteiger partial charge in [-0.25, -0.2) is 9.97 Å². The van der Waals surface area contributed by atoms with Crippen LogP contribution in [0.4, 0.5) is 5.82 Å².